The minimum atomic E-state index is 0.0154. The number of morpholine rings is 1. The van der Waals surface area contributed by atoms with Gasteiger partial charge in [-0.2, -0.15) is 0 Å². The fraction of sp³-hybridized carbons (Fsp3) is 0.458. The zero-order valence-electron chi connectivity index (χ0n) is 18.1. The van der Waals surface area contributed by atoms with E-state index in [4.69, 9.17) is 14.6 Å². The number of aliphatic hydroxyl groups is 1. The van der Waals surface area contributed by atoms with Crippen LogP contribution in [-0.4, -0.2) is 58.5 Å². The van der Waals surface area contributed by atoms with Crippen LogP contribution in [0.25, 0.3) is 11.0 Å². The molecule has 3 aromatic rings. The quantitative estimate of drug-likeness (QED) is 0.610. The van der Waals surface area contributed by atoms with E-state index in [9.17, 15) is 0 Å². The first-order valence-corrected chi connectivity index (χ1v) is 11.3. The standard InChI is InChI=1S/C24H29N5O3/c30-16-17-1-6-23(27-15-17)28-18-2-4-20(5-3-18)32-22-14-19(29-9-11-31-12-10-29)13-21-24(22)26-8-7-25-21/h1,6-8,13-15,18,20,30H,2-5,9-12,16H2,(H,27,28)/t18-,20+. The van der Waals surface area contributed by atoms with Gasteiger partial charge in [0, 0.05) is 49.5 Å². The Morgan fingerprint density at radius 2 is 1.84 bits per heavy atom. The van der Waals surface area contributed by atoms with Crippen molar-refractivity contribution < 1.29 is 14.6 Å². The maximum absolute atomic E-state index is 9.17. The molecule has 2 aliphatic rings. The van der Waals surface area contributed by atoms with Crippen molar-refractivity contribution in [3.63, 3.8) is 0 Å². The van der Waals surface area contributed by atoms with E-state index in [2.05, 4.69) is 37.3 Å². The fourth-order valence-electron chi connectivity index (χ4n) is 4.44. The van der Waals surface area contributed by atoms with Gasteiger partial charge in [-0.15, -0.1) is 0 Å². The number of aromatic nitrogens is 3. The van der Waals surface area contributed by atoms with E-state index in [0.29, 0.717) is 6.04 Å². The van der Waals surface area contributed by atoms with Crippen molar-refractivity contribution in [1.82, 2.24) is 15.0 Å². The highest BCUT2D eigenvalue weighted by molar-refractivity contribution is 5.85. The van der Waals surface area contributed by atoms with Gasteiger partial charge in [-0.25, -0.2) is 9.97 Å². The number of fused-ring (bicyclic) bond motifs is 1. The molecule has 2 aromatic heterocycles. The molecule has 0 unspecified atom stereocenters. The predicted octanol–water partition coefficient (Wildman–Crippen LogP) is 3.16. The summed E-state index contributed by atoms with van der Waals surface area (Å²) >= 11 is 0. The van der Waals surface area contributed by atoms with E-state index in [1.165, 1.54) is 0 Å². The zero-order valence-corrected chi connectivity index (χ0v) is 18.1. The first-order chi connectivity index (χ1) is 15.8. The van der Waals surface area contributed by atoms with E-state index in [1.807, 2.05) is 12.1 Å². The Hall–Kier alpha value is -2.97. The van der Waals surface area contributed by atoms with Crippen molar-refractivity contribution >= 4 is 22.5 Å². The number of hydrogen-bond acceptors (Lipinski definition) is 8. The van der Waals surface area contributed by atoms with Crippen molar-refractivity contribution in [3.8, 4) is 5.75 Å². The number of rotatable bonds is 6. The number of hydrogen-bond donors (Lipinski definition) is 2. The molecule has 8 nitrogen and oxygen atoms in total. The molecule has 2 fully saturated rings. The Morgan fingerprint density at radius 3 is 2.59 bits per heavy atom. The number of benzene rings is 1. The van der Waals surface area contributed by atoms with E-state index >= 15 is 0 Å². The van der Waals surface area contributed by atoms with Gasteiger partial charge >= 0.3 is 0 Å². The second kappa shape index (κ2) is 9.67. The normalized spacial score (nSPS) is 21.5. The van der Waals surface area contributed by atoms with Crippen molar-refractivity contribution in [2.45, 2.75) is 44.4 Å². The third-order valence-electron chi connectivity index (χ3n) is 6.23. The number of aliphatic hydroxyl groups excluding tert-OH is 1. The monoisotopic (exact) mass is 435 g/mol. The lowest BCUT2D eigenvalue weighted by molar-refractivity contribution is 0.122. The molecule has 5 rings (SSSR count). The summed E-state index contributed by atoms with van der Waals surface area (Å²) in [6.07, 6.45) is 9.29. The summed E-state index contributed by atoms with van der Waals surface area (Å²) in [5, 5.41) is 12.7. The molecule has 8 heteroatoms. The number of nitrogens with one attached hydrogen (secondary N) is 1. The van der Waals surface area contributed by atoms with E-state index in [-0.39, 0.29) is 12.7 Å². The van der Waals surface area contributed by atoms with Crippen LogP contribution in [0.15, 0.2) is 42.9 Å². The van der Waals surface area contributed by atoms with Crippen LogP contribution in [0.3, 0.4) is 0 Å². The molecule has 1 saturated carbocycles. The van der Waals surface area contributed by atoms with Gasteiger partial charge in [-0.3, -0.25) is 4.98 Å². The number of ether oxygens (including phenoxy) is 2. The van der Waals surface area contributed by atoms with Crippen LogP contribution < -0.4 is 15.0 Å². The van der Waals surface area contributed by atoms with Crippen molar-refractivity contribution in [2.75, 3.05) is 36.5 Å². The van der Waals surface area contributed by atoms with Gasteiger partial charge in [0.05, 0.1) is 31.4 Å². The van der Waals surface area contributed by atoms with Gasteiger partial charge in [-0.05, 0) is 43.4 Å². The first-order valence-electron chi connectivity index (χ1n) is 11.3. The van der Waals surface area contributed by atoms with Crippen molar-refractivity contribution in [2.24, 2.45) is 0 Å². The summed E-state index contributed by atoms with van der Waals surface area (Å²) < 4.78 is 12.0. The molecule has 2 N–H and O–H groups in total. The largest absolute Gasteiger partial charge is 0.488 e. The Morgan fingerprint density at radius 1 is 1.03 bits per heavy atom. The SMILES string of the molecule is OCc1ccc(N[C@H]2CC[C@@H](Oc3cc(N4CCOCC4)cc4nccnc34)CC2)nc1. The minimum Gasteiger partial charge on any atom is -0.488 e. The molecule has 3 heterocycles. The molecule has 0 radical (unpaired) electrons. The average Bonchev–Trinajstić information content (AvgIpc) is 2.86. The lowest BCUT2D eigenvalue weighted by Crippen LogP contribution is -2.36. The van der Waals surface area contributed by atoms with Crippen LogP contribution in [0, 0.1) is 0 Å². The Balaban J connectivity index is 1.25. The second-order valence-corrected chi connectivity index (χ2v) is 8.41. The van der Waals surface area contributed by atoms with Crippen LogP contribution >= 0.6 is 0 Å². The van der Waals surface area contributed by atoms with Crippen molar-refractivity contribution in [3.05, 3.63) is 48.4 Å². The van der Waals surface area contributed by atoms with Gasteiger partial charge in [0.1, 0.15) is 17.1 Å². The predicted molar refractivity (Wildman–Crippen MR) is 123 cm³/mol. The maximum Gasteiger partial charge on any atom is 0.149 e. The van der Waals surface area contributed by atoms with Gasteiger partial charge in [0.15, 0.2) is 0 Å². The summed E-state index contributed by atoms with van der Waals surface area (Å²) in [6.45, 7) is 3.23. The number of nitrogens with zero attached hydrogens (tertiary/aromatic N) is 4. The lowest BCUT2D eigenvalue weighted by Gasteiger charge is -2.31. The highest BCUT2D eigenvalue weighted by atomic mass is 16.5. The third kappa shape index (κ3) is 4.76. The summed E-state index contributed by atoms with van der Waals surface area (Å²) in [7, 11) is 0. The topological polar surface area (TPSA) is 92.6 Å². The van der Waals surface area contributed by atoms with Gasteiger partial charge in [0.25, 0.3) is 0 Å². The van der Waals surface area contributed by atoms with E-state index < -0.39 is 0 Å². The lowest BCUT2D eigenvalue weighted by atomic mass is 9.93. The zero-order chi connectivity index (χ0) is 21.8. The minimum absolute atomic E-state index is 0.0154. The van der Waals surface area contributed by atoms with Crippen LogP contribution in [0.5, 0.6) is 5.75 Å². The summed E-state index contributed by atoms with van der Waals surface area (Å²) in [5.41, 5.74) is 3.61. The molecular formula is C24H29N5O3. The summed E-state index contributed by atoms with van der Waals surface area (Å²) in [4.78, 5) is 15.8. The Kier molecular flexibility index (Phi) is 6.31. The van der Waals surface area contributed by atoms with Crippen LogP contribution in [0.4, 0.5) is 11.5 Å². The van der Waals surface area contributed by atoms with Gasteiger partial charge in [0.2, 0.25) is 0 Å². The third-order valence-corrected chi connectivity index (χ3v) is 6.23. The number of anilines is 2. The second-order valence-electron chi connectivity index (χ2n) is 8.41. The smallest absolute Gasteiger partial charge is 0.149 e. The highest BCUT2D eigenvalue weighted by Gasteiger charge is 2.24. The van der Waals surface area contributed by atoms with Gasteiger partial charge < -0.3 is 24.8 Å². The number of pyridine rings is 1. The first kappa shape index (κ1) is 20.9. The van der Waals surface area contributed by atoms with Crippen LogP contribution in [0.2, 0.25) is 0 Å². The molecule has 1 aliphatic carbocycles. The summed E-state index contributed by atoms with van der Waals surface area (Å²) in [5.74, 6) is 1.67. The van der Waals surface area contributed by atoms with Gasteiger partial charge in [-0.1, -0.05) is 6.07 Å². The van der Waals surface area contributed by atoms with Crippen LogP contribution in [0.1, 0.15) is 31.2 Å². The molecule has 0 bridgehead atoms. The fourth-order valence-corrected chi connectivity index (χ4v) is 4.44. The van der Waals surface area contributed by atoms with Crippen molar-refractivity contribution in [1.29, 1.82) is 0 Å². The highest BCUT2D eigenvalue weighted by Crippen LogP contribution is 2.33. The van der Waals surface area contributed by atoms with Crippen LogP contribution in [-0.2, 0) is 11.3 Å². The molecule has 168 valence electrons. The molecule has 1 saturated heterocycles. The average molecular weight is 436 g/mol. The molecular weight excluding hydrogens is 406 g/mol. The molecule has 0 spiro atoms. The molecule has 1 aliphatic heterocycles. The molecule has 1 aromatic carbocycles. The Bertz CT molecular complexity index is 1030. The molecule has 32 heavy (non-hydrogen) atoms. The molecule has 0 atom stereocenters. The Labute approximate surface area is 187 Å². The summed E-state index contributed by atoms with van der Waals surface area (Å²) in [6, 6.07) is 8.40. The van der Waals surface area contributed by atoms with E-state index in [0.717, 1.165) is 85.8 Å². The van der Waals surface area contributed by atoms with E-state index in [1.54, 1.807) is 18.6 Å². The maximum atomic E-state index is 9.17. The molecule has 0 amide bonds.